The SMILES string of the molecule is CC(CC[C@@H]1C(=O)CCCC1(C)C)Sc1nc2ccccc2s1. The summed E-state index contributed by atoms with van der Waals surface area (Å²) in [6.07, 6.45) is 5.14. The summed E-state index contributed by atoms with van der Waals surface area (Å²) in [4.78, 5) is 17.0. The first-order valence-corrected chi connectivity index (χ1v) is 10.2. The first-order valence-electron chi connectivity index (χ1n) is 8.51. The number of rotatable bonds is 5. The number of aromatic nitrogens is 1. The maximum atomic E-state index is 12.3. The number of Topliss-reactive ketones (excluding diaryl/α,β-unsaturated/α-hetero) is 1. The zero-order chi connectivity index (χ0) is 16.4. The van der Waals surface area contributed by atoms with Gasteiger partial charge in [-0.25, -0.2) is 4.98 Å². The molecule has 0 aliphatic heterocycles. The van der Waals surface area contributed by atoms with Crippen molar-refractivity contribution >= 4 is 39.1 Å². The molecule has 124 valence electrons. The first kappa shape index (κ1) is 17.0. The Kier molecular flexibility index (Phi) is 5.12. The van der Waals surface area contributed by atoms with E-state index in [1.807, 2.05) is 17.8 Å². The third kappa shape index (κ3) is 3.97. The molecule has 1 aromatic heterocycles. The van der Waals surface area contributed by atoms with Gasteiger partial charge >= 0.3 is 0 Å². The number of carbonyl (C=O) groups excluding carboxylic acids is 1. The van der Waals surface area contributed by atoms with Crippen LogP contribution in [0.3, 0.4) is 0 Å². The van der Waals surface area contributed by atoms with E-state index in [4.69, 9.17) is 4.98 Å². The number of nitrogens with zero attached hydrogens (tertiary/aromatic N) is 1. The van der Waals surface area contributed by atoms with Crippen LogP contribution in [0.4, 0.5) is 0 Å². The fraction of sp³-hybridized carbons (Fsp3) is 0.579. The van der Waals surface area contributed by atoms with E-state index in [0.29, 0.717) is 11.0 Å². The van der Waals surface area contributed by atoms with E-state index >= 15 is 0 Å². The van der Waals surface area contributed by atoms with E-state index in [0.717, 1.165) is 35.5 Å². The molecule has 0 saturated heterocycles. The highest BCUT2D eigenvalue weighted by Crippen LogP contribution is 2.42. The van der Waals surface area contributed by atoms with Crippen molar-refractivity contribution in [2.45, 2.75) is 62.5 Å². The normalized spacial score (nSPS) is 22.4. The summed E-state index contributed by atoms with van der Waals surface area (Å²) < 4.78 is 2.40. The molecule has 0 spiro atoms. The van der Waals surface area contributed by atoms with Gasteiger partial charge in [0.2, 0.25) is 0 Å². The van der Waals surface area contributed by atoms with Gasteiger partial charge in [-0.1, -0.05) is 44.7 Å². The molecule has 2 nitrogen and oxygen atoms in total. The molecule has 23 heavy (non-hydrogen) atoms. The molecule has 2 aromatic rings. The molecule has 3 rings (SSSR count). The Morgan fingerprint density at radius 3 is 2.91 bits per heavy atom. The predicted octanol–water partition coefficient (Wildman–Crippen LogP) is 5.95. The molecule has 2 atom stereocenters. The van der Waals surface area contributed by atoms with Crippen LogP contribution in [0, 0.1) is 11.3 Å². The standard InChI is InChI=1S/C19H25NOS2/c1-13(10-11-14-16(21)8-6-12-19(14,2)3)22-18-20-15-7-4-5-9-17(15)23-18/h4-5,7,9,13-14H,6,8,10-12H2,1-3H3/t13?,14-/m1/s1. The molecule has 0 N–H and O–H groups in total. The minimum Gasteiger partial charge on any atom is -0.299 e. The quantitative estimate of drug-likeness (QED) is 0.626. The van der Waals surface area contributed by atoms with Gasteiger partial charge in [0.05, 0.1) is 10.2 Å². The maximum Gasteiger partial charge on any atom is 0.151 e. The van der Waals surface area contributed by atoms with Crippen LogP contribution in [0.2, 0.25) is 0 Å². The molecule has 4 heteroatoms. The van der Waals surface area contributed by atoms with Crippen LogP contribution in [-0.4, -0.2) is 16.0 Å². The van der Waals surface area contributed by atoms with Gasteiger partial charge in [0.1, 0.15) is 5.78 Å². The smallest absolute Gasteiger partial charge is 0.151 e. The van der Waals surface area contributed by atoms with Crippen LogP contribution in [0.1, 0.15) is 52.9 Å². The molecule has 1 unspecified atom stereocenters. The number of hydrogen-bond acceptors (Lipinski definition) is 4. The summed E-state index contributed by atoms with van der Waals surface area (Å²) in [5.41, 5.74) is 1.27. The zero-order valence-electron chi connectivity index (χ0n) is 14.2. The predicted molar refractivity (Wildman–Crippen MR) is 100 cm³/mol. The van der Waals surface area contributed by atoms with Gasteiger partial charge in [0.15, 0.2) is 4.34 Å². The van der Waals surface area contributed by atoms with Crippen LogP contribution in [0.25, 0.3) is 10.2 Å². The van der Waals surface area contributed by atoms with Gasteiger partial charge < -0.3 is 0 Å². The number of hydrogen-bond donors (Lipinski definition) is 0. The molecule has 0 radical (unpaired) electrons. The fourth-order valence-electron chi connectivity index (χ4n) is 3.59. The van der Waals surface area contributed by atoms with Crippen molar-refractivity contribution in [3.63, 3.8) is 0 Å². The van der Waals surface area contributed by atoms with E-state index in [2.05, 4.69) is 39.0 Å². The summed E-state index contributed by atoms with van der Waals surface area (Å²) in [5, 5.41) is 0.501. The molecule has 0 amide bonds. The van der Waals surface area contributed by atoms with Crippen LogP contribution < -0.4 is 0 Å². The summed E-state index contributed by atoms with van der Waals surface area (Å²) in [5.74, 6) is 0.730. The molecular formula is C19H25NOS2. The van der Waals surface area contributed by atoms with Crippen LogP contribution in [-0.2, 0) is 4.79 Å². The van der Waals surface area contributed by atoms with Crippen molar-refractivity contribution in [1.82, 2.24) is 4.98 Å². The summed E-state index contributed by atoms with van der Waals surface area (Å²) in [6, 6.07) is 8.31. The van der Waals surface area contributed by atoms with E-state index in [9.17, 15) is 4.79 Å². The fourth-order valence-corrected chi connectivity index (χ4v) is 5.99. The van der Waals surface area contributed by atoms with Gasteiger partial charge in [-0.15, -0.1) is 11.3 Å². The van der Waals surface area contributed by atoms with Gasteiger partial charge in [0.25, 0.3) is 0 Å². The number of benzene rings is 1. The number of thiazole rings is 1. The lowest BCUT2D eigenvalue weighted by atomic mass is 9.66. The summed E-state index contributed by atoms with van der Waals surface area (Å²) in [6.45, 7) is 6.79. The lowest BCUT2D eigenvalue weighted by molar-refractivity contribution is -0.129. The first-order chi connectivity index (χ1) is 11.0. The average Bonchev–Trinajstić information content (AvgIpc) is 2.88. The molecule has 0 bridgehead atoms. The van der Waals surface area contributed by atoms with Gasteiger partial charge in [-0.2, -0.15) is 0 Å². The van der Waals surface area contributed by atoms with Crippen LogP contribution in [0.5, 0.6) is 0 Å². The Morgan fingerprint density at radius 1 is 1.39 bits per heavy atom. The van der Waals surface area contributed by atoms with Crippen molar-refractivity contribution in [1.29, 1.82) is 0 Å². The van der Waals surface area contributed by atoms with E-state index < -0.39 is 0 Å². The molecule has 1 aliphatic carbocycles. The second-order valence-corrected chi connectivity index (χ2v) is 10.0. The number of ketones is 1. The largest absolute Gasteiger partial charge is 0.299 e. The maximum absolute atomic E-state index is 12.3. The lowest BCUT2D eigenvalue weighted by Gasteiger charge is -2.37. The third-order valence-electron chi connectivity index (χ3n) is 5.01. The molecule has 1 aliphatic rings. The third-order valence-corrected chi connectivity index (χ3v) is 7.32. The Bertz CT molecular complexity index is 658. The van der Waals surface area contributed by atoms with Gasteiger partial charge in [-0.3, -0.25) is 4.79 Å². The molecular weight excluding hydrogens is 322 g/mol. The minimum absolute atomic E-state index is 0.176. The van der Waals surface area contributed by atoms with Crippen molar-refractivity contribution in [3.05, 3.63) is 24.3 Å². The Balaban J connectivity index is 1.58. The Hall–Kier alpha value is -0.870. The summed E-state index contributed by atoms with van der Waals surface area (Å²) >= 11 is 3.63. The number of thioether (sulfide) groups is 1. The second kappa shape index (κ2) is 6.94. The highest BCUT2D eigenvalue weighted by atomic mass is 32.2. The minimum atomic E-state index is 0.176. The highest BCUT2D eigenvalue weighted by Gasteiger charge is 2.37. The van der Waals surface area contributed by atoms with Gasteiger partial charge in [0, 0.05) is 17.6 Å². The number of carbonyl (C=O) groups is 1. The van der Waals surface area contributed by atoms with Crippen molar-refractivity contribution in [2.75, 3.05) is 0 Å². The lowest BCUT2D eigenvalue weighted by Crippen LogP contribution is -2.35. The molecule has 1 heterocycles. The van der Waals surface area contributed by atoms with Crippen LogP contribution >= 0.6 is 23.1 Å². The van der Waals surface area contributed by atoms with E-state index in [-0.39, 0.29) is 11.3 Å². The van der Waals surface area contributed by atoms with Crippen molar-refractivity contribution in [3.8, 4) is 0 Å². The van der Waals surface area contributed by atoms with E-state index in [1.165, 1.54) is 11.1 Å². The number of para-hydroxylation sites is 1. The van der Waals surface area contributed by atoms with Gasteiger partial charge in [-0.05, 0) is 43.2 Å². The van der Waals surface area contributed by atoms with E-state index in [1.54, 1.807) is 11.3 Å². The second-order valence-electron chi connectivity index (χ2n) is 7.31. The molecule has 1 fully saturated rings. The Morgan fingerprint density at radius 2 is 2.17 bits per heavy atom. The highest BCUT2D eigenvalue weighted by molar-refractivity contribution is 8.01. The van der Waals surface area contributed by atoms with Crippen molar-refractivity contribution in [2.24, 2.45) is 11.3 Å². The zero-order valence-corrected chi connectivity index (χ0v) is 15.8. The van der Waals surface area contributed by atoms with Crippen LogP contribution in [0.15, 0.2) is 28.6 Å². The summed E-state index contributed by atoms with van der Waals surface area (Å²) in [7, 11) is 0. The van der Waals surface area contributed by atoms with Crippen molar-refractivity contribution < 1.29 is 4.79 Å². The number of fused-ring (bicyclic) bond motifs is 1. The molecule has 1 saturated carbocycles. The Labute approximate surface area is 147 Å². The monoisotopic (exact) mass is 347 g/mol. The molecule has 1 aromatic carbocycles. The topological polar surface area (TPSA) is 30.0 Å². The average molecular weight is 348 g/mol.